The summed E-state index contributed by atoms with van der Waals surface area (Å²) in [6.45, 7) is 0. The maximum Gasteiger partial charge on any atom is 0.225 e. The molecule has 0 atom stereocenters. The molecule has 0 saturated heterocycles. The zero-order valence-corrected chi connectivity index (χ0v) is 9.86. The fraction of sp³-hybridized carbons (Fsp3) is 0.100. The van der Waals surface area contributed by atoms with Gasteiger partial charge in [0.25, 0.3) is 0 Å². The van der Waals surface area contributed by atoms with Crippen molar-refractivity contribution < 1.29 is 0 Å². The number of fused-ring (bicyclic) bond motifs is 1. The van der Waals surface area contributed by atoms with E-state index < -0.39 is 0 Å². The van der Waals surface area contributed by atoms with E-state index in [1.54, 1.807) is 7.05 Å². The predicted molar refractivity (Wildman–Crippen MR) is 68.6 cm³/mol. The summed E-state index contributed by atoms with van der Waals surface area (Å²) >= 11 is 5.60. The number of nitrogens with zero attached hydrogens (tertiary/aromatic N) is 3. The highest BCUT2D eigenvalue weighted by Gasteiger charge is 2.09. The second-order valence-electron chi connectivity index (χ2n) is 3.32. The average Bonchev–Trinajstić information content (AvgIpc) is 2.93. The van der Waals surface area contributed by atoms with Gasteiger partial charge in [-0.05, 0) is 12.1 Å². The molecule has 0 radical (unpaired) electrons. The number of aromatic nitrogens is 3. The summed E-state index contributed by atoms with van der Waals surface area (Å²) < 4.78 is 0. The molecule has 0 saturated carbocycles. The van der Waals surface area contributed by atoms with Crippen molar-refractivity contribution in [2.24, 2.45) is 0 Å². The lowest BCUT2D eigenvalue weighted by Crippen LogP contribution is -2.04. The van der Waals surface area contributed by atoms with E-state index in [0.29, 0.717) is 5.95 Å². The quantitative estimate of drug-likeness (QED) is 0.564. The van der Waals surface area contributed by atoms with Gasteiger partial charge in [0.05, 0.1) is 5.69 Å². The van der Waals surface area contributed by atoms with Crippen molar-refractivity contribution >= 4 is 29.1 Å². The number of halogens is 1. The third-order valence-corrected chi connectivity index (χ3v) is 2.41. The molecular weight excluding hydrogens is 240 g/mol. The average molecular weight is 251 g/mol. The van der Waals surface area contributed by atoms with Crippen molar-refractivity contribution in [3.8, 4) is 11.3 Å². The predicted octanol–water partition coefficient (Wildman–Crippen LogP) is 1.40. The number of hydrogen-bond donors (Lipinski definition) is 3. The van der Waals surface area contributed by atoms with Gasteiger partial charge in [0.15, 0.2) is 11.0 Å². The van der Waals surface area contributed by atoms with Gasteiger partial charge in [-0.2, -0.15) is 9.97 Å². The number of rotatable bonds is 1. The van der Waals surface area contributed by atoms with E-state index in [1.807, 2.05) is 12.3 Å². The Morgan fingerprint density at radius 2 is 2.06 bits per heavy atom. The number of pyridine rings is 1. The fourth-order valence-corrected chi connectivity index (χ4v) is 1.30. The van der Waals surface area contributed by atoms with Crippen molar-refractivity contribution in [2.75, 3.05) is 23.8 Å². The molecule has 2 aliphatic rings. The largest absolute Gasteiger partial charge is 0.393 e. The summed E-state index contributed by atoms with van der Waals surface area (Å²) in [4.78, 5) is 11.5. The van der Waals surface area contributed by atoms with Gasteiger partial charge in [-0.15, -0.1) is 0 Å². The zero-order valence-electron chi connectivity index (χ0n) is 9.11. The first kappa shape index (κ1) is 11.4. The lowest BCUT2D eigenvalue weighted by atomic mass is 10.5. The molecule has 0 amide bonds. The topological polar surface area (TPSA) is 103 Å². The molecule has 0 spiro atoms. The van der Waals surface area contributed by atoms with Crippen LogP contribution in [-0.2, 0) is 0 Å². The molecule has 2 heterocycles. The normalized spacial score (nSPS) is 10.2. The van der Waals surface area contributed by atoms with E-state index in [9.17, 15) is 0 Å². The number of nitrogen functional groups attached to an aromatic ring is 2. The summed E-state index contributed by atoms with van der Waals surface area (Å²) in [5.41, 5.74) is 13.5. The van der Waals surface area contributed by atoms with Gasteiger partial charge in [0.2, 0.25) is 5.95 Å². The van der Waals surface area contributed by atoms with Crippen LogP contribution in [0.3, 0.4) is 0 Å². The molecule has 1 aromatic rings. The molecule has 0 unspecified atom stereocenters. The maximum atomic E-state index is 5.60. The highest BCUT2D eigenvalue weighted by molar-refractivity contribution is 6.32. The van der Waals surface area contributed by atoms with Gasteiger partial charge in [-0.25, -0.2) is 0 Å². The Labute approximate surface area is 103 Å². The van der Waals surface area contributed by atoms with Gasteiger partial charge in [-0.1, -0.05) is 11.6 Å². The van der Waals surface area contributed by atoms with Crippen LogP contribution in [0.1, 0.15) is 0 Å². The van der Waals surface area contributed by atoms with Crippen LogP contribution in [0.2, 0.25) is 5.15 Å². The molecule has 1 aliphatic heterocycles. The summed E-state index contributed by atoms with van der Waals surface area (Å²) in [6.07, 6.45) is 1.82. The van der Waals surface area contributed by atoms with E-state index in [0.717, 1.165) is 0 Å². The van der Waals surface area contributed by atoms with Crippen LogP contribution in [0.15, 0.2) is 18.3 Å². The van der Waals surface area contributed by atoms with Crippen LogP contribution >= 0.6 is 11.6 Å². The first-order chi connectivity index (χ1) is 8.11. The first-order valence-electron chi connectivity index (χ1n) is 4.84. The Morgan fingerprint density at radius 3 is 2.41 bits per heavy atom. The van der Waals surface area contributed by atoms with E-state index in [2.05, 4.69) is 26.3 Å². The summed E-state index contributed by atoms with van der Waals surface area (Å²) in [6, 6.07) is 4.06. The number of nitrogens with two attached hydrogens (primary N) is 2. The third-order valence-electron chi connectivity index (χ3n) is 2.12. The number of hydrogen-bond acceptors (Lipinski definition) is 6. The van der Waals surface area contributed by atoms with Crippen molar-refractivity contribution in [3.63, 3.8) is 0 Å². The van der Waals surface area contributed by atoms with Crippen molar-refractivity contribution in [1.29, 1.82) is 0 Å². The van der Waals surface area contributed by atoms with E-state index >= 15 is 0 Å². The molecule has 7 heteroatoms. The molecule has 0 aromatic carbocycles. The third kappa shape index (κ3) is 2.54. The minimum Gasteiger partial charge on any atom is -0.393 e. The van der Waals surface area contributed by atoms with E-state index in [-0.39, 0.29) is 16.7 Å². The number of nitrogens with one attached hydrogen (secondary N) is 1. The summed E-state index contributed by atoms with van der Waals surface area (Å²) in [7, 11) is 1.67. The van der Waals surface area contributed by atoms with E-state index in [1.165, 1.54) is 11.3 Å². The molecule has 17 heavy (non-hydrogen) atoms. The Hall–Kier alpha value is -2.08. The Kier molecular flexibility index (Phi) is 2.97. The second kappa shape index (κ2) is 4.42. The molecule has 6 nitrogen and oxygen atoms in total. The minimum absolute atomic E-state index is 0.168. The fourth-order valence-electron chi connectivity index (χ4n) is 1.12. The summed E-state index contributed by atoms with van der Waals surface area (Å²) in [5.74, 6) is 0.552. The molecule has 3 rings (SSSR count). The summed E-state index contributed by atoms with van der Waals surface area (Å²) in [5, 5.41) is 2.86. The standard InChI is InChI=1S/C5H8ClN5.C5H3N/c1-9-5-10-3(6)2(7)4(8)11-5;1-2-6-5-3-4(1)5/h7H2,1H3,(H3,8,9,10,11);1-3H. The van der Waals surface area contributed by atoms with Crippen LogP contribution in [0, 0.1) is 0 Å². The van der Waals surface area contributed by atoms with Crippen LogP contribution in [0.4, 0.5) is 17.5 Å². The SMILES string of the molecule is CNc1nc(N)c(N)c(Cl)n1.c1cc2cc-2n1. The first-order valence-corrected chi connectivity index (χ1v) is 5.22. The van der Waals surface area contributed by atoms with Gasteiger partial charge in [-0.3, -0.25) is 4.98 Å². The van der Waals surface area contributed by atoms with Gasteiger partial charge in [0, 0.05) is 18.8 Å². The second-order valence-corrected chi connectivity index (χ2v) is 3.67. The highest BCUT2D eigenvalue weighted by Crippen LogP contribution is 2.29. The number of anilines is 3. The molecule has 88 valence electrons. The molecule has 5 N–H and O–H groups in total. The van der Waals surface area contributed by atoms with Crippen molar-refractivity contribution in [2.45, 2.75) is 0 Å². The minimum atomic E-state index is 0.168. The Balaban J connectivity index is 0.000000148. The molecule has 0 fully saturated rings. The molecule has 0 bridgehead atoms. The van der Waals surface area contributed by atoms with Crippen LogP contribution in [0.5, 0.6) is 0 Å². The van der Waals surface area contributed by atoms with E-state index in [4.69, 9.17) is 23.1 Å². The molecular formula is C10H11ClN6. The van der Waals surface area contributed by atoms with Crippen molar-refractivity contribution in [1.82, 2.24) is 15.0 Å². The van der Waals surface area contributed by atoms with Crippen LogP contribution < -0.4 is 16.8 Å². The smallest absolute Gasteiger partial charge is 0.225 e. The lowest BCUT2D eigenvalue weighted by Gasteiger charge is -2.03. The van der Waals surface area contributed by atoms with Gasteiger partial charge >= 0.3 is 0 Å². The maximum absolute atomic E-state index is 5.60. The van der Waals surface area contributed by atoms with Gasteiger partial charge in [0.1, 0.15) is 5.69 Å². The molecule has 1 aliphatic carbocycles. The zero-order chi connectivity index (χ0) is 12.4. The monoisotopic (exact) mass is 250 g/mol. The van der Waals surface area contributed by atoms with Crippen LogP contribution in [-0.4, -0.2) is 22.0 Å². The Bertz CT molecular complexity index is 516. The molecule has 1 aromatic heterocycles. The lowest BCUT2D eigenvalue weighted by molar-refractivity contribution is 1.16. The Morgan fingerprint density at radius 1 is 1.29 bits per heavy atom. The van der Waals surface area contributed by atoms with Crippen LogP contribution in [0.25, 0.3) is 11.3 Å². The highest BCUT2D eigenvalue weighted by atomic mass is 35.5. The van der Waals surface area contributed by atoms with Gasteiger partial charge < -0.3 is 16.8 Å². The van der Waals surface area contributed by atoms with Crippen molar-refractivity contribution in [3.05, 3.63) is 23.5 Å².